The van der Waals surface area contributed by atoms with Crippen molar-refractivity contribution in [2.75, 3.05) is 20.3 Å². The van der Waals surface area contributed by atoms with Crippen LogP contribution in [0.2, 0.25) is 0 Å². The first-order valence-electron chi connectivity index (χ1n) is 5.06. The molecule has 18 heavy (non-hydrogen) atoms. The van der Waals surface area contributed by atoms with Crippen LogP contribution >= 0.6 is 11.8 Å². The molecule has 0 saturated carbocycles. The Bertz CT molecular complexity index is 511. The van der Waals surface area contributed by atoms with Crippen molar-refractivity contribution in [2.24, 2.45) is 0 Å². The molecule has 0 aliphatic heterocycles. The topological polar surface area (TPSA) is 114 Å². The van der Waals surface area contributed by atoms with Crippen molar-refractivity contribution in [2.45, 2.75) is 17.2 Å². The van der Waals surface area contributed by atoms with E-state index in [-0.39, 0.29) is 11.6 Å². The number of nitrogens with one attached hydrogen (secondary N) is 2. The number of hydrogen-bond donors (Lipinski definition) is 2. The third-order valence-corrected chi connectivity index (χ3v) is 2.88. The summed E-state index contributed by atoms with van der Waals surface area (Å²) < 4.78 is 9.61. The van der Waals surface area contributed by atoms with E-state index in [4.69, 9.17) is 9.47 Å². The van der Waals surface area contributed by atoms with E-state index in [2.05, 4.69) is 10.2 Å². The number of H-pyrrole nitrogens is 2. The minimum atomic E-state index is -0.695. The van der Waals surface area contributed by atoms with Gasteiger partial charge in [0.15, 0.2) is 5.03 Å². The van der Waals surface area contributed by atoms with Crippen LogP contribution in [0.1, 0.15) is 6.92 Å². The van der Waals surface area contributed by atoms with Crippen LogP contribution in [0.25, 0.3) is 0 Å². The van der Waals surface area contributed by atoms with Gasteiger partial charge in [-0.3, -0.25) is 14.6 Å². The summed E-state index contributed by atoms with van der Waals surface area (Å²) in [6.45, 7) is 2.03. The smallest absolute Gasteiger partial charge is 0.342 e. The van der Waals surface area contributed by atoms with Crippen LogP contribution in [0.3, 0.4) is 0 Å². The highest BCUT2D eigenvalue weighted by molar-refractivity contribution is 8.00. The van der Waals surface area contributed by atoms with Gasteiger partial charge in [0.05, 0.1) is 6.61 Å². The Morgan fingerprint density at radius 2 is 2.17 bits per heavy atom. The minimum Gasteiger partial charge on any atom is -0.462 e. The molecule has 0 aliphatic rings. The van der Waals surface area contributed by atoms with Gasteiger partial charge >= 0.3 is 11.7 Å². The molecule has 9 heteroatoms. The van der Waals surface area contributed by atoms with E-state index >= 15 is 0 Å². The van der Waals surface area contributed by atoms with E-state index in [1.165, 1.54) is 7.11 Å². The maximum atomic E-state index is 11.5. The number of carbonyl (C=O) groups excluding carboxylic acids is 1. The third-order valence-electron chi connectivity index (χ3n) is 1.83. The van der Waals surface area contributed by atoms with Gasteiger partial charge in [0.25, 0.3) is 5.56 Å². The average Bonchev–Trinajstić information content (AvgIpc) is 2.32. The highest BCUT2D eigenvalue weighted by atomic mass is 32.2. The summed E-state index contributed by atoms with van der Waals surface area (Å²) in [6.07, 6.45) is 0. The summed E-state index contributed by atoms with van der Waals surface area (Å²) >= 11 is 0.905. The Kier molecular flexibility index (Phi) is 5.59. The highest BCUT2D eigenvalue weighted by Crippen LogP contribution is 2.17. The second-order valence-electron chi connectivity index (χ2n) is 3.23. The summed E-state index contributed by atoms with van der Waals surface area (Å²) in [5.41, 5.74) is -1.33. The van der Waals surface area contributed by atoms with Gasteiger partial charge in [0.1, 0.15) is 11.9 Å². The van der Waals surface area contributed by atoms with Gasteiger partial charge in [-0.15, -0.1) is 0 Å². The zero-order chi connectivity index (χ0) is 13.5. The molecule has 0 radical (unpaired) electrons. The number of ether oxygens (including phenoxy) is 2. The van der Waals surface area contributed by atoms with Crippen molar-refractivity contribution in [3.05, 3.63) is 20.8 Å². The fraction of sp³-hybridized carbons (Fsp3) is 0.556. The summed E-state index contributed by atoms with van der Waals surface area (Å²) in [5, 5.41) is 5.02. The molecule has 0 spiro atoms. The quantitative estimate of drug-likeness (QED) is 0.394. The number of thioether (sulfide) groups is 1. The van der Waals surface area contributed by atoms with Crippen LogP contribution < -0.4 is 11.2 Å². The molecule has 0 amide bonds. The van der Waals surface area contributed by atoms with Gasteiger partial charge < -0.3 is 9.47 Å². The van der Waals surface area contributed by atoms with Crippen LogP contribution in [-0.2, 0) is 14.3 Å². The first-order valence-corrected chi connectivity index (χ1v) is 5.93. The van der Waals surface area contributed by atoms with Crippen LogP contribution in [0.5, 0.6) is 0 Å². The van der Waals surface area contributed by atoms with Gasteiger partial charge in [-0.1, -0.05) is 11.8 Å². The fourth-order valence-electron chi connectivity index (χ4n) is 0.975. The molecule has 1 aromatic heterocycles. The maximum Gasteiger partial charge on any atom is 0.342 e. The molecule has 0 aliphatic carbocycles. The molecule has 0 unspecified atom stereocenters. The molecule has 1 atom stereocenters. The minimum absolute atomic E-state index is 0.00536. The lowest BCUT2D eigenvalue weighted by molar-refractivity contribution is -0.143. The first kappa shape index (κ1) is 14.5. The van der Waals surface area contributed by atoms with Crippen molar-refractivity contribution >= 4 is 17.7 Å². The van der Waals surface area contributed by atoms with Crippen molar-refractivity contribution in [3.8, 4) is 0 Å². The van der Waals surface area contributed by atoms with E-state index < -0.39 is 22.5 Å². The lowest BCUT2D eigenvalue weighted by Crippen LogP contribution is -2.27. The molecule has 8 nitrogen and oxygen atoms in total. The van der Waals surface area contributed by atoms with Gasteiger partial charge in [0, 0.05) is 7.11 Å². The second kappa shape index (κ2) is 6.97. The normalized spacial score (nSPS) is 12.1. The Morgan fingerprint density at radius 3 is 2.78 bits per heavy atom. The van der Waals surface area contributed by atoms with Crippen molar-refractivity contribution in [3.63, 3.8) is 0 Å². The first-order chi connectivity index (χ1) is 8.54. The summed E-state index contributed by atoms with van der Waals surface area (Å²) in [7, 11) is 1.50. The summed E-state index contributed by atoms with van der Waals surface area (Å²) in [5.74, 6) is -0.482. The van der Waals surface area contributed by atoms with E-state index in [0.29, 0.717) is 6.61 Å². The number of aromatic nitrogens is 3. The molecular formula is C9H13N3O5S. The Morgan fingerprint density at radius 1 is 1.44 bits per heavy atom. The third kappa shape index (κ3) is 4.34. The van der Waals surface area contributed by atoms with Crippen molar-refractivity contribution < 1.29 is 14.3 Å². The van der Waals surface area contributed by atoms with Crippen LogP contribution in [-0.4, -0.2) is 46.7 Å². The maximum absolute atomic E-state index is 11.5. The molecule has 0 fully saturated rings. The van der Waals surface area contributed by atoms with Crippen molar-refractivity contribution in [1.82, 2.24) is 15.2 Å². The molecular weight excluding hydrogens is 262 g/mol. The van der Waals surface area contributed by atoms with Crippen LogP contribution in [0.15, 0.2) is 14.6 Å². The SMILES string of the molecule is COCCOC(=O)[C@@H](C)Sc1n[nH]c(=O)[nH]c1=O. The zero-order valence-corrected chi connectivity index (χ0v) is 10.7. The molecule has 1 aromatic rings. The van der Waals surface area contributed by atoms with E-state index in [1.54, 1.807) is 6.92 Å². The molecule has 0 bridgehead atoms. The van der Waals surface area contributed by atoms with Gasteiger partial charge in [-0.2, -0.15) is 5.10 Å². The Balaban J connectivity index is 2.58. The number of hydrogen-bond acceptors (Lipinski definition) is 7. The fourth-order valence-corrected chi connectivity index (χ4v) is 1.73. The Hall–Kier alpha value is -1.61. The number of aromatic amines is 2. The Labute approximate surface area is 106 Å². The second-order valence-corrected chi connectivity index (χ2v) is 4.56. The summed E-state index contributed by atoms with van der Waals surface area (Å²) in [4.78, 5) is 35.6. The average molecular weight is 275 g/mol. The zero-order valence-electron chi connectivity index (χ0n) is 9.89. The standard InChI is InChI=1S/C9H13N3O5S/c1-5(8(14)17-4-3-16-2)18-7-6(13)10-9(15)12-11-7/h5H,3-4H2,1-2H3,(H2,10,12,13,15)/t5-/m1/s1. The van der Waals surface area contributed by atoms with Crippen LogP contribution in [0.4, 0.5) is 0 Å². The molecule has 2 N–H and O–H groups in total. The molecule has 0 saturated heterocycles. The van der Waals surface area contributed by atoms with Gasteiger partial charge in [-0.05, 0) is 6.92 Å². The van der Waals surface area contributed by atoms with Crippen molar-refractivity contribution in [1.29, 1.82) is 0 Å². The highest BCUT2D eigenvalue weighted by Gasteiger charge is 2.18. The summed E-state index contributed by atoms with van der Waals surface area (Å²) in [6, 6.07) is 0. The number of esters is 1. The molecule has 100 valence electrons. The van der Waals surface area contributed by atoms with E-state index in [1.807, 2.05) is 4.98 Å². The number of carbonyl (C=O) groups is 1. The predicted molar refractivity (Wildman–Crippen MR) is 63.6 cm³/mol. The molecule has 1 rings (SSSR count). The lowest BCUT2D eigenvalue weighted by atomic mass is 10.5. The predicted octanol–water partition coefficient (Wildman–Crippen LogP) is -0.872. The largest absolute Gasteiger partial charge is 0.462 e. The van der Waals surface area contributed by atoms with E-state index in [0.717, 1.165) is 11.8 Å². The van der Waals surface area contributed by atoms with E-state index in [9.17, 15) is 14.4 Å². The monoisotopic (exact) mass is 275 g/mol. The van der Waals surface area contributed by atoms with Gasteiger partial charge in [0.2, 0.25) is 0 Å². The number of rotatable bonds is 6. The molecule has 1 heterocycles. The number of methoxy groups -OCH3 is 1. The number of nitrogens with zero attached hydrogens (tertiary/aromatic N) is 1. The van der Waals surface area contributed by atoms with Gasteiger partial charge in [-0.25, -0.2) is 9.89 Å². The molecule has 0 aromatic carbocycles. The van der Waals surface area contributed by atoms with Crippen LogP contribution in [0, 0.1) is 0 Å². The lowest BCUT2D eigenvalue weighted by Gasteiger charge is -2.09.